The molecule has 0 aliphatic heterocycles. The van der Waals surface area contributed by atoms with Gasteiger partial charge in [-0.1, -0.05) is 30.4 Å². The number of benzene rings is 1. The zero-order chi connectivity index (χ0) is 15.4. The normalized spacial score (nSPS) is 11.0. The zero-order valence-electron chi connectivity index (χ0n) is 11.6. The molecule has 0 bridgehead atoms. The summed E-state index contributed by atoms with van der Waals surface area (Å²) >= 11 is 0. The van der Waals surface area contributed by atoms with Gasteiger partial charge in [0.15, 0.2) is 11.6 Å². The maximum atomic E-state index is 13.0. The summed E-state index contributed by atoms with van der Waals surface area (Å²) in [6.45, 7) is 0. The molecule has 0 atom stereocenters. The highest BCUT2D eigenvalue weighted by molar-refractivity contribution is 5.70. The summed E-state index contributed by atoms with van der Waals surface area (Å²) in [4.78, 5) is 8.62. The van der Waals surface area contributed by atoms with Gasteiger partial charge in [-0.15, -0.1) is 0 Å². The van der Waals surface area contributed by atoms with Crippen molar-refractivity contribution in [1.82, 2.24) is 9.97 Å². The predicted octanol–water partition coefficient (Wildman–Crippen LogP) is 4.16. The van der Waals surface area contributed by atoms with Crippen molar-refractivity contribution in [2.45, 2.75) is 0 Å². The average molecular weight is 292 g/mol. The molecule has 0 radical (unpaired) electrons. The number of pyridine rings is 2. The molecule has 0 saturated heterocycles. The van der Waals surface area contributed by atoms with Crippen molar-refractivity contribution in [1.29, 1.82) is 0 Å². The molecule has 0 saturated carbocycles. The molecule has 0 aliphatic rings. The highest BCUT2D eigenvalue weighted by Crippen LogP contribution is 2.19. The van der Waals surface area contributed by atoms with Crippen molar-refractivity contribution in [2.75, 3.05) is 0 Å². The maximum Gasteiger partial charge on any atom is 0.164 e. The molecule has 1 aromatic carbocycles. The van der Waals surface area contributed by atoms with Gasteiger partial charge < -0.3 is 5.11 Å². The molecule has 1 N–H and O–H groups in total. The van der Waals surface area contributed by atoms with Crippen LogP contribution in [0, 0.1) is 5.82 Å². The molecule has 3 rings (SSSR count). The molecule has 22 heavy (non-hydrogen) atoms. The first-order valence-electron chi connectivity index (χ1n) is 6.76. The molecule has 2 aromatic heterocycles. The van der Waals surface area contributed by atoms with Crippen LogP contribution in [0.3, 0.4) is 0 Å². The topological polar surface area (TPSA) is 46.0 Å². The van der Waals surface area contributed by atoms with E-state index in [9.17, 15) is 9.50 Å². The van der Waals surface area contributed by atoms with Crippen LogP contribution in [0.2, 0.25) is 0 Å². The number of phenolic OH excluding ortho intramolecular Hbond substituents is 1. The van der Waals surface area contributed by atoms with Gasteiger partial charge in [0.1, 0.15) is 0 Å². The molecular weight excluding hydrogens is 279 g/mol. The van der Waals surface area contributed by atoms with Crippen molar-refractivity contribution >= 4 is 12.2 Å². The Morgan fingerprint density at radius 2 is 1.64 bits per heavy atom. The van der Waals surface area contributed by atoms with Crippen molar-refractivity contribution in [3.05, 3.63) is 77.9 Å². The minimum Gasteiger partial charge on any atom is -0.505 e. The summed E-state index contributed by atoms with van der Waals surface area (Å²) in [6, 6.07) is 13.7. The van der Waals surface area contributed by atoms with E-state index < -0.39 is 5.82 Å². The van der Waals surface area contributed by atoms with Crippen molar-refractivity contribution in [2.24, 2.45) is 0 Å². The lowest BCUT2D eigenvalue weighted by Gasteiger charge is -2.00. The molecule has 3 nitrogen and oxygen atoms in total. The Labute approximate surface area is 127 Å². The van der Waals surface area contributed by atoms with Crippen LogP contribution in [-0.4, -0.2) is 15.1 Å². The fourth-order valence-electron chi connectivity index (χ4n) is 2.00. The molecule has 0 amide bonds. The summed E-state index contributed by atoms with van der Waals surface area (Å²) in [7, 11) is 0. The number of hydrogen-bond donors (Lipinski definition) is 1. The minimum atomic E-state index is -0.626. The highest BCUT2D eigenvalue weighted by Gasteiger charge is 2.00. The quantitative estimate of drug-likeness (QED) is 0.788. The second-order valence-corrected chi connectivity index (χ2v) is 4.74. The Hall–Kier alpha value is -3.01. The Balaban J connectivity index is 1.78. The van der Waals surface area contributed by atoms with E-state index in [1.807, 2.05) is 36.4 Å². The fourth-order valence-corrected chi connectivity index (χ4v) is 2.00. The van der Waals surface area contributed by atoms with Crippen LogP contribution in [-0.2, 0) is 0 Å². The standard InChI is InChI=1S/C18H13FN2O/c19-15-8-6-13(11-18(15)22)4-5-14-7-9-17(21-12-14)16-3-1-2-10-20-16/h1-12,22H/b5-4-. The van der Waals surface area contributed by atoms with Gasteiger partial charge in [0.05, 0.1) is 11.4 Å². The highest BCUT2D eigenvalue weighted by atomic mass is 19.1. The Bertz CT molecular complexity index is 799. The lowest BCUT2D eigenvalue weighted by atomic mass is 10.1. The van der Waals surface area contributed by atoms with Crippen LogP contribution in [0.1, 0.15) is 11.1 Å². The van der Waals surface area contributed by atoms with Gasteiger partial charge in [0, 0.05) is 12.4 Å². The van der Waals surface area contributed by atoms with E-state index in [2.05, 4.69) is 9.97 Å². The smallest absolute Gasteiger partial charge is 0.164 e. The zero-order valence-corrected chi connectivity index (χ0v) is 11.6. The third-order valence-electron chi connectivity index (χ3n) is 3.15. The first-order chi connectivity index (χ1) is 10.7. The molecular formula is C18H13FN2O. The van der Waals surface area contributed by atoms with Crippen molar-refractivity contribution in [3.8, 4) is 17.1 Å². The van der Waals surface area contributed by atoms with E-state index >= 15 is 0 Å². The Kier molecular flexibility index (Phi) is 3.92. The number of aromatic nitrogens is 2. The molecule has 0 unspecified atom stereocenters. The molecule has 0 aliphatic carbocycles. The molecule has 2 heterocycles. The number of phenols is 1. The minimum absolute atomic E-state index is 0.356. The van der Waals surface area contributed by atoms with E-state index in [-0.39, 0.29) is 5.75 Å². The van der Waals surface area contributed by atoms with E-state index in [1.165, 1.54) is 12.1 Å². The van der Waals surface area contributed by atoms with Crippen LogP contribution in [0.5, 0.6) is 5.75 Å². The number of aromatic hydroxyl groups is 1. The second-order valence-electron chi connectivity index (χ2n) is 4.74. The van der Waals surface area contributed by atoms with Gasteiger partial charge in [-0.2, -0.15) is 0 Å². The second kappa shape index (κ2) is 6.18. The van der Waals surface area contributed by atoms with E-state index in [0.717, 1.165) is 17.0 Å². The van der Waals surface area contributed by atoms with E-state index in [1.54, 1.807) is 24.5 Å². The van der Waals surface area contributed by atoms with Crippen LogP contribution in [0.25, 0.3) is 23.5 Å². The van der Waals surface area contributed by atoms with Gasteiger partial charge in [-0.3, -0.25) is 9.97 Å². The van der Waals surface area contributed by atoms with Crippen molar-refractivity contribution < 1.29 is 9.50 Å². The monoisotopic (exact) mass is 292 g/mol. The van der Waals surface area contributed by atoms with Crippen LogP contribution < -0.4 is 0 Å². The first-order valence-corrected chi connectivity index (χ1v) is 6.76. The largest absolute Gasteiger partial charge is 0.505 e. The summed E-state index contributed by atoms with van der Waals surface area (Å²) in [5.41, 5.74) is 3.25. The van der Waals surface area contributed by atoms with Gasteiger partial charge >= 0.3 is 0 Å². The van der Waals surface area contributed by atoms with Gasteiger partial charge in [-0.05, 0) is 41.5 Å². The average Bonchev–Trinajstić information content (AvgIpc) is 2.57. The Morgan fingerprint density at radius 3 is 2.32 bits per heavy atom. The summed E-state index contributed by atoms with van der Waals surface area (Å²) in [5.74, 6) is -0.982. The fraction of sp³-hybridized carbons (Fsp3) is 0. The van der Waals surface area contributed by atoms with E-state index in [4.69, 9.17) is 0 Å². The van der Waals surface area contributed by atoms with Crippen LogP contribution >= 0.6 is 0 Å². The summed E-state index contributed by atoms with van der Waals surface area (Å²) < 4.78 is 13.0. The molecule has 3 aromatic rings. The first kappa shape index (κ1) is 13.9. The third kappa shape index (κ3) is 3.17. The number of hydrogen-bond acceptors (Lipinski definition) is 3. The molecule has 108 valence electrons. The summed E-state index contributed by atoms with van der Waals surface area (Å²) in [6.07, 6.45) is 7.11. The van der Waals surface area contributed by atoms with Gasteiger partial charge in [0.25, 0.3) is 0 Å². The van der Waals surface area contributed by atoms with Gasteiger partial charge in [0.2, 0.25) is 0 Å². The lowest BCUT2D eigenvalue weighted by molar-refractivity contribution is 0.432. The number of nitrogens with zero attached hydrogens (tertiary/aromatic N) is 2. The van der Waals surface area contributed by atoms with Crippen molar-refractivity contribution in [3.63, 3.8) is 0 Å². The van der Waals surface area contributed by atoms with Crippen LogP contribution in [0.4, 0.5) is 4.39 Å². The third-order valence-corrected chi connectivity index (χ3v) is 3.15. The molecule has 0 fully saturated rings. The molecule has 0 spiro atoms. The summed E-state index contributed by atoms with van der Waals surface area (Å²) in [5, 5.41) is 9.33. The number of halogens is 1. The number of rotatable bonds is 3. The SMILES string of the molecule is Oc1cc(/C=C\c2ccc(-c3ccccn3)nc2)ccc1F. The predicted molar refractivity (Wildman–Crippen MR) is 84.5 cm³/mol. The van der Waals surface area contributed by atoms with Crippen LogP contribution in [0.15, 0.2) is 60.9 Å². The van der Waals surface area contributed by atoms with E-state index in [0.29, 0.717) is 5.56 Å². The Morgan fingerprint density at radius 1 is 0.864 bits per heavy atom. The maximum absolute atomic E-state index is 13.0. The lowest BCUT2D eigenvalue weighted by Crippen LogP contribution is -1.86. The van der Waals surface area contributed by atoms with Gasteiger partial charge in [-0.25, -0.2) is 4.39 Å². The molecule has 4 heteroatoms.